The summed E-state index contributed by atoms with van der Waals surface area (Å²) in [4.78, 5) is 17.5. The lowest BCUT2D eigenvalue weighted by Crippen LogP contribution is -2.45. The number of oxime groups is 1. The van der Waals surface area contributed by atoms with Crippen molar-refractivity contribution in [2.45, 2.75) is 32.0 Å². The van der Waals surface area contributed by atoms with Gasteiger partial charge in [-0.3, -0.25) is 0 Å². The number of fused-ring (bicyclic) bond motifs is 1. The Morgan fingerprint density at radius 2 is 1.84 bits per heavy atom. The number of hydrogen-bond acceptors (Lipinski definition) is 8. The standard InChI is InChI=1S/C24H20F6N2O6/c1-13(31-36-11-14-6-4-5-7-16(14)18(12-34-2)21(33)35-3)20-17-9-8-15(10-19(17)38-32-20)37-24(29,30)22(25)23(26,27)28/h4-10,12,22H,11H2,1-3H3. The van der Waals surface area contributed by atoms with E-state index in [1.165, 1.54) is 33.5 Å². The molecule has 0 radical (unpaired) electrons. The Kier molecular flexibility index (Phi) is 8.53. The molecule has 1 aromatic heterocycles. The second kappa shape index (κ2) is 11.4. The van der Waals surface area contributed by atoms with Crippen molar-refractivity contribution in [3.63, 3.8) is 0 Å². The number of ether oxygens (including phenoxy) is 3. The van der Waals surface area contributed by atoms with Crippen molar-refractivity contribution in [3.05, 3.63) is 65.5 Å². The average molecular weight is 546 g/mol. The van der Waals surface area contributed by atoms with Crippen LogP contribution < -0.4 is 4.74 Å². The number of benzene rings is 2. The Labute approximate surface area is 211 Å². The summed E-state index contributed by atoms with van der Waals surface area (Å²) in [5, 5.41) is 7.97. The molecule has 0 amide bonds. The maximum absolute atomic E-state index is 13.6. The number of methoxy groups -OCH3 is 2. The highest BCUT2D eigenvalue weighted by Crippen LogP contribution is 2.37. The largest absolute Gasteiger partial charge is 0.503 e. The zero-order valence-corrected chi connectivity index (χ0v) is 20.0. The van der Waals surface area contributed by atoms with Crippen molar-refractivity contribution in [1.82, 2.24) is 5.16 Å². The first-order valence-electron chi connectivity index (χ1n) is 10.6. The summed E-state index contributed by atoms with van der Waals surface area (Å²) in [5.41, 5.74) is 1.39. The van der Waals surface area contributed by atoms with Gasteiger partial charge in [-0.1, -0.05) is 34.6 Å². The Balaban J connectivity index is 1.78. The highest BCUT2D eigenvalue weighted by Gasteiger charge is 2.59. The van der Waals surface area contributed by atoms with E-state index in [0.717, 1.165) is 12.1 Å². The molecule has 0 aliphatic rings. The number of carbonyl (C=O) groups excluding carboxylic acids is 1. The molecule has 0 N–H and O–H groups in total. The van der Waals surface area contributed by atoms with Crippen molar-refractivity contribution in [3.8, 4) is 5.75 Å². The zero-order valence-electron chi connectivity index (χ0n) is 20.0. The van der Waals surface area contributed by atoms with E-state index in [2.05, 4.69) is 15.0 Å². The van der Waals surface area contributed by atoms with E-state index < -0.39 is 30.2 Å². The van der Waals surface area contributed by atoms with Crippen LogP contribution in [-0.2, 0) is 25.7 Å². The third kappa shape index (κ3) is 6.36. The monoisotopic (exact) mass is 546 g/mol. The summed E-state index contributed by atoms with van der Waals surface area (Å²) in [7, 11) is 2.60. The Morgan fingerprint density at radius 1 is 1.13 bits per heavy atom. The number of esters is 1. The zero-order chi connectivity index (χ0) is 28.1. The van der Waals surface area contributed by atoms with E-state index in [4.69, 9.17) is 18.8 Å². The first-order valence-corrected chi connectivity index (χ1v) is 10.6. The molecule has 3 aromatic rings. The number of aromatic nitrogens is 1. The fourth-order valence-electron chi connectivity index (χ4n) is 3.24. The van der Waals surface area contributed by atoms with Crippen molar-refractivity contribution in [2.24, 2.45) is 5.16 Å². The number of nitrogens with zero attached hydrogens (tertiary/aromatic N) is 2. The molecule has 0 fully saturated rings. The van der Waals surface area contributed by atoms with E-state index in [9.17, 15) is 31.1 Å². The maximum atomic E-state index is 13.6. The quantitative estimate of drug-likeness (QED) is 0.0793. The summed E-state index contributed by atoms with van der Waals surface area (Å²) in [5.74, 6) is -1.40. The van der Waals surface area contributed by atoms with Gasteiger partial charge >= 0.3 is 18.3 Å². The second-order valence-electron chi connectivity index (χ2n) is 7.62. The van der Waals surface area contributed by atoms with Crippen LogP contribution in [0.25, 0.3) is 16.5 Å². The highest BCUT2D eigenvalue weighted by molar-refractivity contribution is 6.16. The molecule has 38 heavy (non-hydrogen) atoms. The number of alkyl halides is 6. The van der Waals surface area contributed by atoms with Crippen LogP contribution in [0.1, 0.15) is 23.7 Å². The molecular formula is C24H20F6N2O6. The van der Waals surface area contributed by atoms with Gasteiger partial charge in [-0.15, -0.1) is 0 Å². The highest BCUT2D eigenvalue weighted by atomic mass is 19.4. The number of hydrogen-bond donors (Lipinski definition) is 0. The molecule has 204 valence electrons. The fraction of sp³-hybridized carbons (Fsp3) is 0.292. The SMILES string of the molecule is COC=C(C(=O)OC)c1ccccc1CON=C(C)c1noc2cc(OC(F)(F)C(F)C(F)(F)F)ccc12. The third-order valence-electron chi connectivity index (χ3n) is 4.99. The van der Waals surface area contributed by atoms with Gasteiger partial charge in [0.2, 0.25) is 0 Å². The van der Waals surface area contributed by atoms with Gasteiger partial charge in [-0.05, 0) is 24.6 Å². The van der Waals surface area contributed by atoms with E-state index in [0.29, 0.717) is 11.1 Å². The lowest BCUT2D eigenvalue weighted by molar-refractivity contribution is -0.304. The van der Waals surface area contributed by atoms with E-state index in [1.54, 1.807) is 24.3 Å². The summed E-state index contributed by atoms with van der Waals surface area (Å²) < 4.78 is 95.9. The molecule has 1 atom stereocenters. The Hall–Kier alpha value is -4.23. The van der Waals surface area contributed by atoms with Gasteiger partial charge in [0.1, 0.15) is 29.3 Å². The van der Waals surface area contributed by atoms with Crippen LogP contribution >= 0.6 is 0 Å². The van der Waals surface area contributed by atoms with Crippen molar-refractivity contribution in [1.29, 1.82) is 0 Å². The molecule has 0 saturated carbocycles. The van der Waals surface area contributed by atoms with E-state index >= 15 is 0 Å². The lowest BCUT2D eigenvalue weighted by atomic mass is 10.0. The van der Waals surface area contributed by atoms with Crippen LogP contribution in [0.5, 0.6) is 5.75 Å². The third-order valence-corrected chi connectivity index (χ3v) is 4.99. The molecule has 8 nitrogen and oxygen atoms in total. The average Bonchev–Trinajstić information content (AvgIpc) is 3.29. The summed E-state index contributed by atoms with van der Waals surface area (Å²) in [6, 6.07) is 9.69. The van der Waals surface area contributed by atoms with E-state index in [1.807, 2.05) is 0 Å². The summed E-state index contributed by atoms with van der Waals surface area (Å²) >= 11 is 0. The van der Waals surface area contributed by atoms with Gasteiger partial charge in [0, 0.05) is 11.6 Å². The molecule has 3 rings (SSSR count). The predicted molar refractivity (Wildman–Crippen MR) is 121 cm³/mol. The normalized spacial score (nSPS) is 13.8. The molecule has 2 aromatic carbocycles. The lowest BCUT2D eigenvalue weighted by Gasteiger charge is -2.22. The minimum Gasteiger partial charge on any atom is -0.503 e. The maximum Gasteiger partial charge on any atom is 0.439 e. The van der Waals surface area contributed by atoms with Gasteiger partial charge in [0.25, 0.3) is 6.17 Å². The van der Waals surface area contributed by atoms with Crippen LogP contribution in [0.15, 0.2) is 58.4 Å². The predicted octanol–water partition coefficient (Wildman–Crippen LogP) is 5.80. The van der Waals surface area contributed by atoms with Crippen molar-refractivity contribution in [2.75, 3.05) is 14.2 Å². The van der Waals surface area contributed by atoms with Gasteiger partial charge in [-0.2, -0.15) is 22.0 Å². The molecule has 0 aliphatic heterocycles. The van der Waals surface area contributed by atoms with Gasteiger partial charge in [-0.25, -0.2) is 9.18 Å². The smallest absolute Gasteiger partial charge is 0.439 e. The second-order valence-corrected chi connectivity index (χ2v) is 7.62. The Morgan fingerprint density at radius 3 is 2.50 bits per heavy atom. The van der Waals surface area contributed by atoms with E-state index in [-0.39, 0.29) is 34.6 Å². The molecular weight excluding hydrogens is 526 g/mol. The fourth-order valence-corrected chi connectivity index (χ4v) is 3.24. The number of rotatable bonds is 10. The summed E-state index contributed by atoms with van der Waals surface area (Å²) in [6.07, 6.45) is -14.3. The molecule has 0 saturated heterocycles. The molecule has 1 unspecified atom stereocenters. The topological polar surface area (TPSA) is 92.4 Å². The molecule has 14 heteroatoms. The van der Waals surface area contributed by atoms with Gasteiger partial charge in [0.05, 0.1) is 25.9 Å². The van der Waals surface area contributed by atoms with Crippen LogP contribution in [0.4, 0.5) is 26.3 Å². The Bertz CT molecular complexity index is 1350. The molecule has 0 bridgehead atoms. The molecule has 0 spiro atoms. The van der Waals surface area contributed by atoms with Gasteiger partial charge in [0.15, 0.2) is 5.58 Å². The van der Waals surface area contributed by atoms with Crippen molar-refractivity contribution < 1.29 is 54.7 Å². The van der Waals surface area contributed by atoms with Crippen LogP contribution in [0.3, 0.4) is 0 Å². The minimum absolute atomic E-state index is 0.0853. The van der Waals surface area contributed by atoms with Gasteiger partial charge < -0.3 is 23.6 Å². The molecule has 1 heterocycles. The van der Waals surface area contributed by atoms with Crippen molar-refractivity contribution >= 4 is 28.2 Å². The molecule has 0 aliphatic carbocycles. The first-order chi connectivity index (χ1) is 17.9. The van der Waals surface area contributed by atoms with Crippen LogP contribution in [-0.4, -0.2) is 49.5 Å². The van der Waals surface area contributed by atoms with Crippen LogP contribution in [0.2, 0.25) is 0 Å². The first kappa shape index (κ1) is 28.3. The summed E-state index contributed by atoms with van der Waals surface area (Å²) in [6.45, 7) is 1.42. The van der Waals surface area contributed by atoms with Crippen LogP contribution in [0, 0.1) is 0 Å². The minimum atomic E-state index is -5.82. The number of halogens is 6. The number of carbonyl (C=O) groups is 1.